The van der Waals surface area contributed by atoms with Crippen molar-refractivity contribution in [2.45, 2.75) is 103 Å². The first-order chi connectivity index (χ1) is 12.5. The number of nitrogens with one attached hydrogen (secondary N) is 1. The summed E-state index contributed by atoms with van der Waals surface area (Å²) in [6.45, 7) is 2.47. The summed E-state index contributed by atoms with van der Waals surface area (Å²) in [5.41, 5.74) is 0. The number of esters is 1. The maximum Gasteiger partial charge on any atom is 0.305 e. The molecular formula is C20H41NO4S. The predicted octanol–water partition coefficient (Wildman–Crippen LogP) is 4.95. The van der Waals surface area contributed by atoms with E-state index in [-0.39, 0.29) is 11.7 Å². The number of ether oxygens (including phenoxy) is 1. The molecule has 6 heteroatoms. The lowest BCUT2D eigenvalue weighted by Crippen LogP contribution is -2.27. The highest BCUT2D eigenvalue weighted by Crippen LogP contribution is 2.13. The summed E-state index contributed by atoms with van der Waals surface area (Å²) >= 11 is 0. The van der Waals surface area contributed by atoms with Gasteiger partial charge in [-0.1, -0.05) is 77.6 Å². The van der Waals surface area contributed by atoms with Crippen LogP contribution in [0.3, 0.4) is 0 Å². The smallest absolute Gasteiger partial charge is 0.305 e. The fourth-order valence-corrected chi connectivity index (χ4v) is 4.15. The van der Waals surface area contributed by atoms with Crippen LogP contribution in [-0.4, -0.2) is 33.8 Å². The van der Waals surface area contributed by atoms with Gasteiger partial charge >= 0.3 is 5.97 Å². The van der Waals surface area contributed by atoms with E-state index in [4.69, 9.17) is 0 Å². The van der Waals surface area contributed by atoms with Gasteiger partial charge in [0.1, 0.15) is 0 Å². The molecule has 0 unspecified atom stereocenters. The number of hydrogen-bond donors (Lipinski definition) is 1. The van der Waals surface area contributed by atoms with Gasteiger partial charge in [0.25, 0.3) is 0 Å². The molecule has 0 radical (unpaired) electrons. The van der Waals surface area contributed by atoms with E-state index in [1.807, 2.05) is 6.92 Å². The van der Waals surface area contributed by atoms with Crippen molar-refractivity contribution in [3.05, 3.63) is 0 Å². The molecule has 0 rings (SSSR count). The van der Waals surface area contributed by atoms with Crippen molar-refractivity contribution in [2.24, 2.45) is 0 Å². The molecule has 26 heavy (non-hydrogen) atoms. The lowest BCUT2D eigenvalue weighted by molar-refractivity contribution is -0.140. The van der Waals surface area contributed by atoms with Crippen LogP contribution < -0.4 is 4.72 Å². The highest BCUT2D eigenvalue weighted by Gasteiger charge is 2.06. The van der Waals surface area contributed by atoms with E-state index < -0.39 is 10.0 Å². The minimum atomic E-state index is -3.03. The molecule has 0 bridgehead atoms. The third kappa shape index (κ3) is 18.2. The van der Waals surface area contributed by atoms with Crippen LogP contribution in [0, 0.1) is 0 Å². The molecule has 0 aromatic heterocycles. The molecule has 0 fully saturated rings. The largest absolute Gasteiger partial charge is 0.469 e. The average molecular weight is 392 g/mol. The van der Waals surface area contributed by atoms with Crippen LogP contribution in [0.5, 0.6) is 0 Å². The quantitative estimate of drug-likeness (QED) is 0.250. The van der Waals surface area contributed by atoms with Gasteiger partial charge in [-0.25, -0.2) is 13.1 Å². The fraction of sp³-hybridized carbons (Fsp3) is 0.950. The summed E-state index contributed by atoms with van der Waals surface area (Å²) in [5, 5.41) is 0. The van der Waals surface area contributed by atoms with Crippen molar-refractivity contribution in [3.63, 3.8) is 0 Å². The Balaban J connectivity index is 3.17. The molecule has 0 amide bonds. The van der Waals surface area contributed by atoms with Crippen molar-refractivity contribution in [2.75, 3.05) is 19.4 Å². The van der Waals surface area contributed by atoms with Gasteiger partial charge in [0, 0.05) is 13.0 Å². The zero-order valence-corrected chi connectivity index (χ0v) is 17.9. The topological polar surface area (TPSA) is 72.5 Å². The SMILES string of the molecule is CCCS(=O)(=O)NCCCCCCCCCCCCCCCC(=O)OC. The minimum Gasteiger partial charge on any atom is -0.469 e. The second kappa shape index (κ2) is 17.8. The summed E-state index contributed by atoms with van der Waals surface area (Å²) in [6, 6.07) is 0. The molecule has 0 heterocycles. The van der Waals surface area contributed by atoms with Crippen molar-refractivity contribution in [1.29, 1.82) is 0 Å². The standard InChI is InChI=1S/C20H41NO4S/c1-3-19-26(23,24)21-18-16-14-12-10-8-6-4-5-7-9-11-13-15-17-20(22)25-2/h21H,3-19H2,1-2H3. The summed E-state index contributed by atoms with van der Waals surface area (Å²) in [7, 11) is -1.58. The zero-order chi connectivity index (χ0) is 19.5. The van der Waals surface area contributed by atoms with Gasteiger partial charge in [0.2, 0.25) is 10.0 Å². The second-order valence-corrected chi connectivity index (χ2v) is 9.06. The number of hydrogen-bond acceptors (Lipinski definition) is 4. The summed E-state index contributed by atoms with van der Waals surface area (Å²) in [4.78, 5) is 11.0. The molecule has 0 aliphatic heterocycles. The Bertz CT molecular complexity index is 424. The molecule has 0 aromatic rings. The van der Waals surface area contributed by atoms with Crippen LogP contribution in [0.4, 0.5) is 0 Å². The van der Waals surface area contributed by atoms with Crippen LogP contribution in [-0.2, 0) is 19.6 Å². The lowest BCUT2D eigenvalue weighted by Gasteiger charge is -2.05. The van der Waals surface area contributed by atoms with E-state index >= 15 is 0 Å². The van der Waals surface area contributed by atoms with E-state index in [2.05, 4.69) is 9.46 Å². The molecule has 0 saturated carbocycles. The van der Waals surface area contributed by atoms with Crippen LogP contribution in [0.1, 0.15) is 103 Å². The monoisotopic (exact) mass is 391 g/mol. The van der Waals surface area contributed by atoms with Gasteiger partial charge in [0.15, 0.2) is 0 Å². The fourth-order valence-electron chi connectivity index (χ4n) is 3.01. The van der Waals surface area contributed by atoms with Crippen molar-refractivity contribution in [3.8, 4) is 0 Å². The van der Waals surface area contributed by atoms with Crippen molar-refractivity contribution < 1.29 is 17.9 Å². The Kier molecular flexibility index (Phi) is 17.4. The van der Waals surface area contributed by atoms with E-state index in [1.54, 1.807) is 0 Å². The molecule has 0 atom stereocenters. The van der Waals surface area contributed by atoms with Crippen LogP contribution in [0.2, 0.25) is 0 Å². The zero-order valence-electron chi connectivity index (χ0n) is 17.1. The highest BCUT2D eigenvalue weighted by atomic mass is 32.2. The van der Waals surface area contributed by atoms with Crippen LogP contribution >= 0.6 is 0 Å². The Morgan fingerprint density at radius 1 is 0.769 bits per heavy atom. The van der Waals surface area contributed by atoms with Gasteiger partial charge in [0.05, 0.1) is 12.9 Å². The lowest BCUT2D eigenvalue weighted by atomic mass is 10.0. The van der Waals surface area contributed by atoms with Crippen molar-refractivity contribution >= 4 is 16.0 Å². The number of unbranched alkanes of at least 4 members (excludes halogenated alkanes) is 12. The number of methoxy groups -OCH3 is 1. The summed E-state index contributed by atoms with van der Waals surface area (Å²) in [5.74, 6) is 0.142. The van der Waals surface area contributed by atoms with Gasteiger partial charge in [-0.3, -0.25) is 4.79 Å². The third-order valence-corrected chi connectivity index (χ3v) is 6.17. The predicted molar refractivity (Wildman–Crippen MR) is 109 cm³/mol. The first kappa shape index (κ1) is 25.4. The molecule has 0 aromatic carbocycles. The van der Waals surface area contributed by atoms with Crippen molar-refractivity contribution in [1.82, 2.24) is 4.72 Å². The molecule has 0 spiro atoms. The molecule has 156 valence electrons. The molecule has 1 N–H and O–H groups in total. The van der Waals surface area contributed by atoms with Gasteiger partial charge in [-0.2, -0.15) is 0 Å². The molecule has 0 aliphatic rings. The molecule has 0 saturated heterocycles. The third-order valence-electron chi connectivity index (χ3n) is 4.58. The first-order valence-electron chi connectivity index (χ1n) is 10.6. The van der Waals surface area contributed by atoms with Crippen LogP contribution in [0.25, 0.3) is 0 Å². The second-order valence-electron chi connectivity index (χ2n) is 7.14. The first-order valence-corrected chi connectivity index (χ1v) is 12.2. The number of carbonyl (C=O) groups is 1. The van der Waals surface area contributed by atoms with E-state index in [1.165, 1.54) is 64.9 Å². The van der Waals surface area contributed by atoms with Gasteiger partial charge in [-0.15, -0.1) is 0 Å². The summed E-state index contributed by atoms with van der Waals surface area (Å²) < 4.78 is 30.2. The van der Waals surface area contributed by atoms with E-state index in [0.717, 1.165) is 25.7 Å². The van der Waals surface area contributed by atoms with E-state index in [0.29, 0.717) is 19.4 Å². The number of carbonyl (C=O) groups excluding carboxylic acids is 1. The average Bonchev–Trinajstić information content (AvgIpc) is 2.60. The summed E-state index contributed by atoms with van der Waals surface area (Å²) in [6.07, 6.45) is 16.9. The molecule has 5 nitrogen and oxygen atoms in total. The van der Waals surface area contributed by atoms with Crippen LogP contribution in [0.15, 0.2) is 0 Å². The minimum absolute atomic E-state index is 0.0946. The number of sulfonamides is 1. The molecular weight excluding hydrogens is 350 g/mol. The Morgan fingerprint density at radius 2 is 1.19 bits per heavy atom. The Morgan fingerprint density at radius 3 is 1.62 bits per heavy atom. The Hall–Kier alpha value is -0.620. The maximum absolute atomic E-state index is 11.5. The van der Waals surface area contributed by atoms with Gasteiger partial charge in [-0.05, 0) is 19.3 Å². The normalized spacial score (nSPS) is 11.6. The number of rotatable bonds is 19. The highest BCUT2D eigenvalue weighted by molar-refractivity contribution is 7.89. The maximum atomic E-state index is 11.5. The van der Waals surface area contributed by atoms with Gasteiger partial charge < -0.3 is 4.74 Å². The van der Waals surface area contributed by atoms with E-state index in [9.17, 15) is 13.2 Å². The molecule has 0 aliphatic carbocycles. The Labute approximate surface area is 161 Å².